The second-order valence-corrected chi connectivity index (χ2v) is 6.38. The Hall–Kier alpha value is -3.24. The molecule has 0 unspecified atom stereocenters. The molecule has 1 aromatic heterocycles. The van der Waals surface area contributed by atoms with Crippen molar-refractivity contribution in [3.05, 3.63) is 83.9 Å². The summed E-state index contributed by atoms with van der Waals surface area (Å²) in [5.74, 6) is 0. The molecule has 0 aliphatic heterocycles. The van der Waals surface area contributed by atoms with Gasteiger partial charge in [0.1, 0.15) is 0 Å². The summed E-state index contributed by atoms with van der Waals surface area (Å²) in [6.07, 6.45) is 0. The van der Waals surface area contributed by atoms with Gasteiger partial charge in [0.15, 0.2) is 0 Å². The van der Waals surface area contributed by atoms with E-state index in [4.69, 9.17) is 11.6 Å². The fourth-order valence-corrected chi connectivity index (χ4v) is 3.04. The van der Waals surface area contributed by atoms with Gasteiger partial charge >= 0.3 is 6.03 Å². The van der Waals surface area contributed by atoms with E-state index in [2.05, 4.69) is 27.8 Å². The molecule has 0 atom stereocenters. The number of fused-ring (bicyclic) bond motifs is 1. The van der Waals surface area contributed by atoms with Crippen LogP contribution in [0.2, 0.25) is 5.02 Å². The molecule has 26 heavy (non-hydrogen) atoms. The first-order valence-electron chi connectivity index (χ1n) is 8.19. The summed E-state index contributed by atoms with van der Waals surface area (Å²) in [4.78, 5) is 15.6. The monoisotopic (exact) mass is 361 g/mol. The van der Waals surface area contributed by atoms with Gasteiger partial charge in [-0.25, -0.2) is 4.79 Å². The molecule has 0 radical (unpaired) electrons. The number of carbonyl (C=O) groups is 1. The van der Waals surface area contributed by atoms with Crippen LogP contribution in [0, 0.1) is 0 Å². The molecule has 0 spiro atoms. The van der Waals surface area contributed by atoms with Gasteiger partial charge in [0, 0.05) is 38.6 Å². The molecule has 5 heteroatoms. The minimum absolute atomic E-state index is 0.318. The second kappa shape index (κ2) is 6.94. The Kier molecular flexibility index (Phi) is 4.33. The molecule has 0 saturated heterocycles. The lowest BCUT2D eigenvalue weighted by Gasteiger charge is -2.09. The van der Waals surface area contributed by atoms with E-state index in [0.717, 1.165) is 22.2 Å². The van der Waals surface area contributed by atoms with Gasteiger partial charge in [-0.2, -0.15) is 0 Å². The van der Waals surface area contributed by atoms with E-state index in [1.165, 1.54) is 0 Å². The minimum atomic E-state index is -0.318. The van der Waals surface area contributed by atoms with Crippen LogP contribution in [-0.4, -0.2) is 11.0 Å². The standard InChI is InChI=1S/C21H16ClN3O/c22-16-7-4-9-18(13-16)24-21(26)23-17-8-3-6-14(11-17)20-12-15-5-1-2-10-19(15)25-20/h1-13,25H,(H2,23,24,26). The van der Waals surface area contributed by atoms with Gasteiger partial charge in [-0.3, -0.25) is 0 Å². The van der Waals surface area contributed by atoms with Crippen LogP contribution in [0.3, 0.4) is 0 Å². The van der Waals surface area contributed by atoms with E-state index in [1.54, 1.807) is 24.3 Å². The molecule has 0 saturated carbocycles. The van der Waals surface area contributed by atoms with E-state index in [9.17, 15) is 4.79 Å². The molecule has 0 aliphatic rings. The van der Waals surface area contributed by atoms with Crippen LogP contribution in [0.4, 0.5) is 16.2 Å². The number of aromatic nitrogens is 1. The Morgan fingerprint density at radius 2 is 1.54 bits per heavy atom. The number of nitrogens with one attached hydrogen (secondary N) is 3. The lowest BCUT2D eigenvalue weighted by Crippen LogP contribution is -2.19. The first kappa shape index (κ1) is 16.2. The highest BCUT2D eigenvalue weighted by Gasteiger charge is 2.06. The Morgan fingerprint density at radius 1 is 0.808 bits per heavy atom. The fourth-order valence-electron chi connectivity index (χ4n) is 2.85. The highest BCUT2D eigenvalue weighted by molar-refractivity contribution is 6.30. The predicted octanol–water partition coefficient (Wildman–Crippen LogP) is 6.13. The van der Waals surface area contributed by atoms with Crippen LogP contribution in [-0.2, 0) is 0 Å². The number of carbonyl (C=O) groups excluding carboxylic acids is 1. The number of hydrogen-bond donors (Lipinski definition) is 3. The third-order valence-corrected chi connectivity index (χ3v) is 4.28. The van der Waals surface area contributed by atoms with E-state index in [1.807, 2.05) is 42.5 Å². The van der Waals surface area contributed by atoms with Crippen LogP contribution < -0.4 is 10.6 Å². The quantitative estimate of drug-likeness (QED) is 0.403. The number of amides is 2. The number of aromatic amines is 1. The van der Waals surface area contributed by atoms with Gasteiger partial charge in [-0.05, 0) is 42.5 Å². The zero-order valence-corrected chi connectivity index (χ0v) is 14.5. The van der Waals surface area contributed by atoms with Crippen LogP contribution in [0.5, 0.6) is 0 Å². The molecule has 0 aliphatic carbocycles. The Morgan fingerprint density at radius 3 is 2.31 bits per heavy atom. The maximum atomic E-state index is 12.2. The molecule has 3 N–H and O–H groups in total. The molecule has 4 aromatic rings. The first-order chi connectivity index (χ1) is 12.7. The maximum absolute atomic E-state index is 12.2. The molecule has 0 fully saturated rings. The van der Waals surface area contributed by atoms with E-state index < -0.39 is 0 Å². The van der Waals surface area contributed by atoms with Crippen molar-refractivity contribution < 1.29 is 4.79 Å². The molecular weight excluding hydrogens is 346 g/mol. The summed E-state index contributed by atoms with van der Waals surface area (Å²) in [5.41, 5.74) is 4.44. The SMILES string of the molecule is O=C(Nc1cccc(Cl)c1)Nc1cccc(-c2cc3ccccc3[nH]2)c1. The van der Waals surface area contributed by atoms with Crippen molar-refractivity contribution in [3.63, 3.8) is 0 Å². The zero-order valence-electron chi connectivity index (χ0n) is 13.8. The van der Waals surface area contributed by atoms with Gasteiger partial charge < -0.3 is 15.6 Å². The molecule has 128 valence electrons. The van der Waals surface area contributed by atoms with Crippen LogP contribution in [0.15, 0.2) is 78.9 Å². The molecule has 1 heterocycles. The zero-order chi connectivity index (χ0) is 17.9. The van der Waals surface area contributed by atoms with Crippen molar-refractivity contribution in [2.45, 2.75) is 0 Å². The number of halogens is 1. The van der Waals surface area contributed by atoms with E-state index >= 15 is 0 Å². The first-order valence-corrected chi connectivity index (χ1v) is 8.57. The molecule has 4 rings (SSSR count). The minimum Gasteiger partial charge on any atom is -0.355 e. The van der Waals surface area contributed by atoms with E-state index in [-0.39, 0.29) is 6.03 Å². The smallest absolute Gasteiger partial charge is 0.323 e. The third kappa shape index (κ3) is 3.55. The van der Waals surface area contributed by atoms with Gasteiger partial charge in [-0.1, -0.05) is 48.0 Å². The largest absolute Gasteiger partial charge is 0.355 e. The predicted molar refractivity (Wildman–Crippen MR) is 108 cm³/mol. The molecule has 0 bridgehead atoms. The van der Waals surface area contributed by atoms with Gasteiger partial charge in [0.05, 0.1) is 0 Å². The topological polar surface area (TPSA) is 56.9 Å². The lowest BCUT2D eigenvalue weighted by molar-refractivity contribution is 0.262. The van der Waals surface area contributed by atoms with Crippen molar-refractivity contribution in [2.24, 2.45) is 0 Å². The maximum Gasteiger partial charge on any atom is 0.323 e. The second-order valence-electron chi connectivity index (χ2n) is 5.94. The molecule has 4 nitrogen and oxygen atoms in total. The summed E-state index contributed by atoms with van der Waals surface area (Å²) in [5, 5.41) is 7.34. The normalized spacial score (nSPS) is 10.7. The van der Waals surface area contributed by atoms with Crippen LogP contribution in [0.25, 0.3) is 22.2 Å². The van der Waals surface area contributed by atoms with Crippen molar-refractivity contribution in [3.8, 4) is 11.3 Å². The highest BCUT2D eigenvalue weighted by atomic mass is 35.5. The average Bonchev–Trinajstić information content (AvgIpc) is 3.06. The number of hydrogen-bond acceptors (Lipinski definition) is 1. The summed E-state index contributed by atoms with van der Waals surface area (Å²) < 4.78 is 0. The number of rotatable bonds is 3. The molecular formula is C21H16ClN3O. The van der Waals surface area contributed by atoms with Crippen molar-refractivity contribution >= 4 is 39.9 Å². The average molecular weight is 362 g/mol. The number of benzene rings is 3. The summed E-state index contributed by atoms with van der Waals surface area (Å²) in [7, 11) is 0. The number of H-pyrrole nitrogens is 1. The Balaban J connectivity index is 1.53. The van der Waals surface area contributed by atoms with Gasteiger partial charge in [0.2, 0.25) is 0 Å². The van der Waals surface area contributed by atoms with Crippen LogP contribution >= 0.6 is 11.6 Å². The third-order valence-electron chi connectivity index (χ3n) is 4.04. The molecule has 3 aromatic carbocycles. The summed E-state index contributed by atoms with van der Waals surface area (Å²) in [6, 6.07) is 24.6. The van der Waals surface area contributed by atoms with Gasteiger partial charge in [-0.15, -0.1) is 0 Å². The Bertz CT molecular complexity index is 1050. The van der Waals surface area contributed by atoms with Crippen molar-refractivity contribution in [1.82, 2.24) is 4.98 Å². The van der Waals surface area contributed by atoms with E-state index in [0.29, 0.717) is 16.4 Å². The number of urea groups is 1. The lowest BCUT2D eigenvalue weighted by atomic mass is 10.1. The van der Waals surface area contributed by atoms with Gasteiger partial charge in [0.25, 0.3) is 0 Å². The fraction of sp³-hybridized carbons (Fsp3) is 0. The Labute approximate surface area is 155 Å². The number of para-hydroxylation sites is 1. The van der Waals surface area contributed by atoms with Crippen LogP contribution in [0.1, 0.15) is 0 Å². The molecule has 2 amide bonds. The number of anilines is 2. The summed E-state index contributed by atoms with van der Waals surface area (Å²) in [6.45, 7) is 0. The van der Waals surface area contributed by atoms with Crippen molar-refractivity contribution in [2.75, 3.05) is 10.6 Å². The summed E-state index contributed by atoms with van der Waals surface area (Å²) >= 11 is 5.94. The highest BCUT2D eigenvalue weighted by Crippen LogP contribution is 2.26. The van der Waals surface area contributed by atoms with Crippen molar-refractivity contribution in [1.29, 1.82) is 0 Å².